The van der Waals surface area contributed by atoms with Crippen LogP contribution >= 0.6 is 0 Å². The highest BCUT2D eigenvalue weighted by atomic mass is 16.1. The van der Waals surface area contributed by atoms with Crippen molar-refractivity contribution >= 4 is 5.91 Å². The fourth-order valence-electron chi connectivity index (χ4n) is 2.36. The molecule has 0 aliphatic heterocycles. The molecular weight excluding hydrogens is 250 g/mol. The summed E-state index contributed by atoms with van der Waals surface area (Å²) in [6.07, 6.45) is 2.81. The van der Waals surface area contributed by atoms with Gasteiger partial charge in [-0.3, -0.25) is 4.79 Å². The standard InChI is InChI=1S/C16H27N3O/c1-4-8-13(2)19(3)12-11-16(18,15(17)20)14-9-6-5-7-10-14/h5-7,9-10,13H,4,8,11-12,18H2,1-3H3,(H2,17,20). The lowest BCUT2D eigenvalue weighted by Crippen LogP contribution is -2.51. The monoisotopic (exact) mass is 277 g/mol. The zero-order valence-corrected chi connectivity index (χ0v) is 12.8. The van der Waals surface area contributed by atoms with Gasteiger partial charge in [-0.15, -0.1) is 0 Å². The van der Waals surface area contributed by atoms with Gasteiger partial charge in [0.15, 0.2) is 0 Å². The van der Waals surface area contributed by atoms with Gasteiger partial charge in [0.1, 0.15) is 5.54 Å². The predicted molar refractivity (Wildman–Crippen MR) is 83.1 cm³/mol. The normalized spacial score (nSPS) is 15.8. The van der Waals surface area contributed by atoms with E-state index >= 15 is 0 Å². The first kappa shape index (κ1) is 16.7. The van der Waals surface area contributed by atoms with Crippen molar-refractivity contribution in [2.75, 3.05) is 13.6 Å². The maximum Gasteiger partial charge on any atom is 0.242 e. The van der Waals surface area contributed by atoms with Crippen molar-refractivity contribution in [2.24, 2.45) is 11.5 Å². The second kappa shape index (κ2) is 7.41. The summed E-state index contributed by atoms with van der Waals surface area (Å²) < 4.78 is 0. The summed E-state index contributed by atoms with van der Waals surface area (Å²) in [4.78, 5) is 14.0. The molecule has 1 aromatic rings. The molecule has 2 unspecified atom stereocenters. The minimum Gasteiger partial charge on any atom is -0.368 e. The molecule has 112 valence electrons. The van der Waals surface area contributed by atoms with E-state index in [4.69, 9.17) is 11.5 Å². The number of carbonyl (C=O) groups is 1. The molecule has 20 heavy (non-hydrogen) atoms. The van der Waals surface area contributed by atoms with Crippen LogP contribution in [0.4, 0.5) is 0 Å². The molecule has 1 aromatic carbocycles. The van der Waals surface area contributed by atoms with Gasteiger partial charge in [0.25, 0.3) is 0 Å². The van der Waals surface area contributed by atoms with Crippen LogP contribution in [-0.2, 0) is 10.3 Å². The van der Waals surface area contributed by atoms with E-state index in [1.54, 1.807) is 0 Å². The first-order chi connectivity index (χ1) is 9.41. The summed E-state index contributed by atoms with van der Waals surface area (Å²) in [7, 11) is 2.06. The molecule has 1 rings (SSSR count). The third kappa shape index (κ3) is 4.05. The zero-order valence-electron chi connectivity index (χ0n) is 12.8. The minimum atomic E-state index is -1.10. The van der Waals surface area contributed by atoms with Gasteiger partial charge in [0.05, 0.1) is 0 Å². The van der Waals surface area contributed by atoms with Crippen molar-refractivity contribution in [3.8, 4) is 0 Å². The van der Waals surface area contributed by atoms with Crippen LogP contribution in [0.25, 0.3) is 0 Å². The van der Waals surface area contributed by atoms with Crippen LogP contribution in [0.5, 0.6) is 0 Å². The molecule has 0 radical (unpaired) electrons. The van der Waals surface area contributed by atoms with E-state index in [1.807, 2.05) is 30.3 Å². The van der Waals surface area contributed by atoms with E-state index in [-0.39, 0.29) is 0 Å². The van der Waals surface area contributed by atoms with Gasteiger partial charge in [0, 0.05) is 12.6 Å². The van der Waals surface area contributed by atoms with Gasteiger partial charge in [-0.2, -0.15) is 0 Å². The molecule has 0 saturated carbocycles. The molecular formula is C16H27N3O. The van der Waals surface area contributed by atoms with Gasteiger partial charge in [-0.25, -0.2) is 0 Å². The molecule has 0 heterocycles. The van der Waals surface area contributed by atoms with E-state index in [0.29, 0.717) is 12.5 Å². The van der Waals surface area contributed by atoms with E-state index in [2.05, 4.69) is 25.8 Å². The number of hydrogen-bond acceptors (Lipinski definition) is 3. The van der Waals surface area contributed by atoms with Gasteiger partial charge >= 0.3 is 0 Å². The third-order valence-corrected chi connectivity index (χ3v) is 4.05. The molecule has 0 spiro atoms. The molecule has 4 heteroatoms. The number of rotatable bonds is 8. The third-order valence-electron chi connectivity index (χ3n) is 4.05. The number of hydrogen-bond donors (Lipinski definition) is 2. The maximum atomic E-state index is 11.8. The van der Waals surface area contributed by atoms with E-state index in [0.717, 1.165) is 24.9 Å². The van der Waals surface area contributed by atoms with Crippen molar-refractivity contribution in [2.45, 2.75) is 44.7 Å². The second-order valence-electron chi connectivity index (χ2n) is 5.57. The van der Waals surface area contributed by atoms with Crippen LogP contribution in [0.15, 0.2) is 30.3 Å². The SMILES string of the molecule is CCCC(C)N(C)CCC(N)(C(N)=O)c1ccccc1. The Bertz CT molecular complexity index is 421. The van der Waals surface area contributed by atoms with Crippen LogP contribution in [-0.4, -0.2) is 30.4 Å². The topological polar surface area (TPSA) is 72.3 Å². The average molecular weight is 277 g/mol. The lowest BCUT2D eigenvalue weighted by Gasteiger charge is -2.31. The number of benzene rings is 1. The van der Waals surface area contributed by atoms with Gasteiger partial charge in [0.2, 0.25) is 5.91 Å². The Morgan fingerprint density at radius 2 is 1.95 bits per heavy atom. The Balaban J connectivity index is 2.76. The van der Waals surface area contributed by atoms with Gasteiger partial charge in [-0.05, 0) is 32.4 Å². The van der Waals surface area contributed by atoms with E-state index in [9.17, 15) is 4.79 Å². The largest absolute Gasteiger partial charge is 0.368 e. The fraction of sp³-hybridized carbons (Fsp3) is 0.562. The van der Waals surface area contributed by atoms with Crippen LogP contribution in [0.1, 0.15) is 38.7 Å². The lowest BCUT2D eigenvalue weighted by atomic mass is 9.86. The molecule has 4 N–H and O–H groups in total. The molecule has 4 nitrogen and oxygen atoms in total. The highest BCUT2D eigenvalue weighted by Gasteiger charge is 2.34. The van der Waals surface area contributed by atoms with Crippen molar-refractivity contribution in [3.05, 3.63) is 35.9 Å². The summed E-state index contributed by atoms with van der Waals surface area (Å²) in [5.41, 5.74) is 11.5. The molecule has 0 bridgehead atoms. The van der Waals surface area contributed by atoms with Crippen LogP contribution in [0.2, 0.25) is 0 Å². The van der Waals surface area contributed by atoms with E-state index < -0.39 is 11.4 Å². The Labute approximate surface area is 122 Å². The molecule has 0 aliphatic rings. The zero-order chi connectivity index (χ0) is 15.2. The van der Waals surface area contributed by atoms with Crippen LogP contribution in [0, 0.1) is 0 Å². The summed E-state index contributed by atoms with van der Waals surface area (Å²) in [5.74, 6) is -0.472. The van der Waals surface area contributed by atoms with Crippen molar-refractivity contribution < 1.29 is 4.79 Å². The lowest BCUT2D eigenvalue weighted by molar-refractivity contribution is -0.123. The molecule has 0 aliphatic carbocycles. The summed E-state index contributed by atoms with van der Waals surface area (Å²) in [6, 6.07) is 9.86. The Morgan fingerprint density at radius 1 is 1.35 bits per heavy atom. The predicted octanol–water partition coefficient (Wildman–Crippen LogP) is 1.84. The first-order valence-electron chi connectivity index (χ1n) is 7.26. The number of primary amides is 1. The Hall–Kier alpha value is -1.39. The number of nitrogens with zero attached hydrogens (tertiary/aromatic N) is 1. The summed E-state index contributed by atoms with van der Waals surface area (Å²) in [5, 5.41) is 0. The van der Waals surface area contributed by atoms with E-state index in [1.165, 1.54) is 0 Å². The highest BCUT2D eigenvalue weighted by molar-refractivity contribution is 5.85. The van der Waals surface area contributed by atoms with Crippen molar-refractivity contribution in [3.63, 3.8) is 0 Å². The van der Waals surface area contributed by atoms with Crippen LogP contribution < -0.4 is 11.5 Å². The molecule has 0 saturated heterocycles. The van der Waals surface area contributed by atoms with Crippen LogP contribution in [0.3, 0.4) is 0 Å². The second-order valence-corrected chi connectivity index (χ2v) is 5.57. The minimum absolute atomic E-state index is 0.472. The first-order valence-corrected chi connectivity index (χ1v) is 7.26. The highest BCUT2D eigenvalue weighted by Crippen LogP contribution is 2.22. The Morgan fingerprint density at radius 3 is 2.45 bits per heavy atom. The smallest absolute Gasteiger partial charge is 0.242 e. The molecule has 0 fully saturated rings. The number of amides is 1. The van der Waals surface area contributed by atoms with Crippen molar-refractivity contribution in [1.29, 1.82) is 0 Å². The van der Waals surface area contributed by atoms with Gasteiger partial charge < -0.3 is 16.4 Å². The summed E-state index contributed by atoms with van der Waals surface area (Å²) in [6.45, 7) is 5.11. The molecule has 2 atom stereocenters. The van der Waals surface area contributed by atoms with Gasteiger partial charge in [-0.1, -0.05) is 43.7 Å². The Kier molecular flexibility index (Phi) is 6.17. The fourth-order valence-corrected chi connectivity index (χ4v) is 2.36. The maximum absolute atomic E-state index is 11.8. The van der Waals surface area contributed by atoms with Crippen molar-refractivity contribution in [1.82, 2.24) is 4.90 Å². The number of carbonyl (C=O) groups excluding carboxylic acids is 1. The number of nitrogens with two attached hydrogens (primary N) is 2. The molecule has 1 amide bonds. The molecule has 0 aromatic heterocycles. The summed E-state index contributed by atoms with van der Waals surface area (Å²) >= 11 is 0. The quantitative estimate of drug-likeness (QED) is 0.761. The average Bonchev–Trinajstić information content (AvgIpc) is 2.45.